The summed E-state index contributed by atoms with van der Waals surface area (Å²) < 4.78 is 0. The minimum Gasteiger partial charge on any atom is -0.0578 e. The standard InChI is InChI=1S/C12H8/c1-3-9-4-2-6-11-8-7-10(5-1)12(9)11/h1-2,5-6H,7-8H2. The molecule has 2 aromatic rings. The number of benzene rings is 2. The van der Waals surface area contributed by atoms with Gasteiger partial charge in [0.2, 0.25) is 0 Å². The van der Waals surface area contributed by atoms with E-state index in [1.54, 1.807) is 0 Å². The van der Waals surface area contributed by atoms with Gasteiger partial charge in [-0.2, -0.15) is 0 Å². The average molecular weight is 152 g/mol. The lowest BCUT2D eigenvalue weighted by Crippen LogP contribution is -1.77. The van der Waals surface area contributed by atoms with Crippen molar-refractivity contribution in [2.75, 3.05) is 0 Å². The van der Waals surface area contributed by atoms with Crippen molar-refractivity contribution in [3.63, 3.8) is 0 Å². The fraction of sp³-hybridized carbons (Fsp3) is 0.167. The first-order valence-electron chi connectivity index (χ1n) is 4.28. The molecule has 1 aliphatic carbocycles. The van der Waals surface area contributed by atoms with E-state index < -0.39 is 0 Å². The average Bonchev–Trinajstić information content (AvgIpc) is 2.52. The van der Waals surface area contributed by atoms with Crippen molar-refractivity contribution in [2.45, 2.75) is 12.8 Å². The molecule has 0 heteroatoms. The molecule has 56 valence electrons. The molecule has 0 saturated carbocycles. The van der Waals surface area contributed by atoms with Gasteiger partial charge in [0.25, 0.3) is 0 Å². The van der Waals surface area contributed by atoms with Crippen LogP contribution in [0, 0.1) is 12.1 Å². The molecule has 0 atom stereocenters. The third kappa shape index (κ3) is 0.672. The van der Waals surface area contributed by atoms with Crippen molar-refractivity contribution in [1.82, 2.24) is 0 Å². The van der Waals surface area contributed by atoms with Crippen LogP contribution in [0.1, 0.15) is 11.1 Å². The first-order chi connectivity index (χ1) is 5.95. The molecular weight excluding hydrogens is 144 g/mol. The number of hydrogen-bond acceptors (Lipinski definition) is 0. The third-order valence-corrected chi connectivity index (χ3v) is 2.58. The normalized spacial score (nSPS) is 14.0. The van der Waals surface area contributed by atoms with E-state index in [4.69, 9.17) is 0 Å². The Labute approximate surface area is 71.8 Å². The van der Waals surface area contributed by atoms with Crippen molar-refractivity contribution >= 4 is 10.8 Å². The zero-order chi connectivity index (χ0) is 7.97. The van der Waals surface area contributed by atoms with E-state index in [1.165, 1.54) is 29.4 Å². The molecule has 0 aromatic heterocycles. The highest BCUT2D eigenvalue weighted by molar-refractivity contribution is 5.89. The van der Waals surface area contributed by atoms with Gasteiger partial charge in [-0.15, -0.1) is 0 Å². The van der Waals surface area contributed by atoms with E-state index in [-0.39, 0.29) is 0 Å². The van der Waals surface area contributed by atoms with Crippen LogP contribution in [0.25, 0.3) is 10.8 Å². The van der Waals surface area contributed by atoms with Gasteiger partial charge in [-0.05, 0) is 46.9 Å². The van der Waals surface area contributed by atoms with Crippen molar-refractivity contribution in [3.8, 4) is 0 Å². The van der Waals surface area contributed by atoms with Crippen LogP contribution in [0.4, 0.5) is 0 Å². The second kappa shape index (κ2) is 2.10. The van der Waals surface area contributed by atoms with Gasteiger partial charge in [0, 0.05) is 0 Å². The summed E-state index contributed by atoms with van der Waals surface area (Å²) in [5.41, 5.74) is 2.94. The van der Waals surface area contributed by atoms with Gasteiger partial charge >= 0.3 is 0 Å². The Kier molecular flexibility index (Phi) is 1.09. The SMILES string of the molecule is [c]1ccc2c3c(cc[c]c13)CC2. The monoisotopic (exact) mass is 152 g/mol. The summed E-state index contributed by atoms with van der Waals surface area (Å²) in [5, 5.41) is 2.56. The molecule has 12 heavy (non-hydrogen) atoms. The lowest BCUT2D eigenvalue weighted by Gasteiger charge is -1.98. The zero-order valence-electron chi connectivity index (χ0n) is 6.72. The predicted octanol–water partition coefficient (Wildman–Crippen LogP) is 2.54. The molecule has 0 amide bonds. The maximum absolute atomic E-state index is 3.22. The molecule has 0 bridgehead atoms. The molecule has 0 nitrogen and oxygen atoms in total. The van der Waals surface area contributed by atoms with Crippen LogP contribution >= 0.6 is 0 Å². The molecule has 0 fully saturated rings. The summed E-state index contributed by atoms with van der Waals surface area (Å²) in [6.07, 6.45) is 2.39. The smallest absolute Gasteiger partial charge is 0.00208 e. The van der Waals surface area contributed by atoms with Crippen LogP contribution in [0.15, 0.2) is 24.3 Å². The first-order valence-corrected chi connectivity index (χ1v) is 4.28. The van der Waals surface area contributed by atoms with Gasteiger partial charge in [0.05, 0.1) is 0 Å². The minimum atomic E-state index is 1.16. The molecule has 0 unspecified atom stereocenters. The molecule has 2 radical (unpaired) electrons. The van der Waals surface area contributed by atoms with Crippen molar-refractivity contribution in [2.24, 2.45) is 0 Å². The van der Waals surface area contributed by atoms with Gasteiger partial charge < -0.3 is 0 Å². The van der Waals surface area contributed by atoms with E-state index in [2.05, 4.69) is 24.3 Å². The fourth-order valence-corrected chi connectivity index (χ4v) is 2.02. The molecule has 0 spiro atoms. The van der Waals surface area contributed by atoms with Crippen LogP contribution in [0.2, 0.25) is 0 Å². The maximum atomic E-state index is 3.22. The Bertz CT molecular complexity index is 402. The van der Waals surface area contributed by atoms with E-state index in [0.717, 1.165) is 5.39 Å². The van der Waals surface area contributed by atoms with E-state index >= 15 is 0 Å². The topological polar surface area (TPSA) is 0 Å². The van der Waals surface area contributed by atoms with Crippen LogP contribution < -0.4 is 0 Å². The molecule has 1 aliphatic rings. The Morgan fingerprint density at radius 1 is 0.917 bits per heavy atom. The van der Waals surface area contributed by atoms with Crippen LogP contribution in [-0.2, 0) is 12.8 Å². The molecule has 2 aromatic carbocycles. The van der Waals surface area contributed by atoms with Gasteiger partial charge in [-0.3, -0.25) is 0 Å². The molecule has 3 rings (SSSR count). The van der Waals surface area contributed by atoms with E-state index in [0.29, 0.717) is 0 Å². The highest BCUT2D eigenvalue weighted by atomic mass is 14.2. The quantitative estimate of drug-likeness (QED) is 0.544. The number of rotatable bonds is 0. The largest absolute Gasteiger partial charge is 0.0578 e. The van der Waals surface area contributed by atoms with Gasteiger partial charge in [0.15, 0.2) is 0 Å². The summed E-state index contributed by atoms with van der Waals surface area (Å²) in [5.74, 6) is 0. The summed E-state index contributed by atoms with van der Waals surface area (Å²) in [6, 6.07) is 14.8. The number of aryl methyl sites for hydroxylation is 2. The first kappa shape index (κ1) is 6.24. The van der Waals surface area contributed by atoms with E-state index in [1.807, 2.05) is 12.1 Å². The highest BCUT2D eigenvalue weighted by Gasteiger charge is 2.12. The lowest BCUT2D eigenvalue weighted by atomic mass is 10.1. The van der Waals surface area contributed by atoms with Crippen LogP contribution in [0.3, 0.4) is 0 Å². The molecule has 0 saturated heterocycles. The summed E-state index contributed by atoms with van der Waals surface area (Å²) in [4.78, 5) is 0. The van der Waals surface area contributed by atoms with Gasteiger partial charge in [0.1, 0.15) is 0 Å². The number of hydrogen-bond donors (Lipinski definition) is 0. The zero-order valence-corrected chi connectivity index (χ0v) is 6.72. The molecule has 0 aliphatic heterocycles. The lowest BCUT2D eigenvalue weighted by molar-refractivity contribution is 1.02. The predicted molar refractivity (Wildman–Crippen MR) is 49.0 cm³/mol. The highest BCUT2D eigenvalue weighted by Crippen LogP contribution is 2.29. The third-order valence-electron chi connectivity index (χ3n) is 2.58. The second-order valence-corrected chi connectivity index (χ2v) is 3.26. The molecular formula is C12H8. The Balaban J connectivity index is 2.58. The summed E-state index contributed by atoms with van der Waals surface area (Å²) >= 11 is 0. The molecule has 0 heterocycles. The Morgan fingerprint density at radius 2 is 1.50 bits per heavy atom. The summed E-state index contributed by atoms with van der Waals surface area (Å²) in [7, 11) is 0. The second-order valence-electron chi connectivity index (χ2n) is 3.26. The van der Waals surface area contributed by atoms with E-state index in [9.17, 15) is 0 Å². The van der Waals surface area contributed by atoms with Gasteiger partial charge in [-0.1, -0.05) is 24.3 Å². The summed E-state index contributed by atoms with van der Waals surface area (Å²) in [6.45, 7) is 0. The maximum Gasteiger partial charge on any atom is -0.00208 e. The molecule has 0 N–H and O–H groups in total. The van der Waals surface area contributed by atoms with Crippen molar-refractivity contribution in [1.29, 1.82) is 0 Å². The van der Waals surface area contributed by atoms with Crippen molar-refractivity contribution < 1.29 is 0 Å². The van der Waals surface area contributed by atoms with Crippen LogP contribution in [-0.4, -0.2) is 0 Å². The Morgan fingerprint density at radius 3 is 2.08 bits per heavy atom. The fourth-order valence-electron chi connectivity index (χ4n) is 2.02. The van der Waals surface area contributed by atoms with Gasteiger partial charge in [-0.25, -0.2) is 0 Å². The van der Waals surface area contributed by atoms with Crippen molar-refractivity contribution in [3.05, 3.63) is 47.5 Å². The van der Waals surface area contributed by atoms with Crippen LogP contribution in [0.5, 0.6) is 0 Å². The minimum absolute atomic E-state index is 1.16. The Hall–Kier alpha value is -1.30.